The molecule has 0 aliphatic rings. The number of fused-ring (bicyclic) bond motifs is 3. The van der Waals surface area contributed by atoms with Gasteiger partial charge in [0.05, 0.1) is 0 Å². The second kappa shape index (κ2) is 3.02. The van der Waals surface area contributed by atoms with Gasteiger partial charge in [0.25, 0.3) is 0 Å². The fourth-order valence-electron chi connectivity index (χ4n) is 1.84. The van der Waals surface area contributed by atoms with Gasteiger partial charge in [-0.05, 0) is 24.4 Å². The molecule has 2 nitrogen and oxygen atoms in total. The minimum Gasteiger partial charge on any atom is -0.236 e. The summed E-state index contributed by atoms with van der Waals surface area (Å²) in [5.41, 5.74) is 1.83. The van der Waals surface area contributed by atoms with E-state index in [2.05, 4.69) is 28.2 Å². The lowest BCUT2D eigenvalue weighted by Gasteiger charge is -2.02. The van der Waals surface area contributed by atoms with E-state index in [1.165, 1.54) is 5.39 Å². The topological polar surface area (TPSA) is 25.8 Å². The molecule has 3 aromatic rings. The third-order valence-corrected chi connectivity index (χ3v) is 2.59. The van der Waals surface area contributed by atoms with Crippen molar-refractivity contribution in [2.45, 2.75) is 6.92 Å². The Bertz CT molecular complexity index is 644. The highest BCUT2D eigenvalue weighted by atomic mass is 14.8. The van der Waals surface area contributed by atoms with Gasteiger partial charge in [-0.1, -0.05) is 24.3 Å². The summed E-state index contributed by atoms with van der Waals surface area (Å²) < 4.78 is 0. The Morgan fingerprint density at radius 2 is 1.80 bits per heavy atom. The summed E-state index contributed by atoms with van der Waals surface area (Å²) in [5.74, 6) is 0. The molecule has 0 aliphatic carbocycles. The molecule has 15 heavy (non-hydrogen) atoms. The number of aromatic nitrogens is 2. The molecule has 0 unspecified atom stereocenters. The van der Waals surface area contributed by atoms with Crippen LogP contribution < -0.4 is 0 Å². The number of hydrogen-bond donors (Lipinski definition) is 0. The molecule has 3 rings (SSSR count). The number of pyridine rings is 2. The Kier molecular flexibility index (Phi) is 1.68. The summed E-state index contributed by atoms with van der Waals surface area (Å²) in [6.45, 7) is 1.98. The summed E-state index contributed by atoms with van der Waals surface area (Å²) in [5, 5.41) is 3.50. The zero-order valence-electron chi connectivity index (χ0n) is 8.44. The number of benzene rings is 1. The zero-order valence-corrected chi connectivity index (χ0v) is 8.44. The van der Waals surface area contributed by atoms with Crippen LogP contribution in [0.2, 0.25) is 0 Å². The summed E-state index contributed by atoms with van der Waals surface area (Å²) >= 11 is 0. The molecule has 2 aromatic heterocycles. The molecule has 0 spiro atoms. The van der Waals surface area contributed by atoms with Crippen LogP contribution in [-0.4, -0.2) is 9.97 Å². The Labute approximate surface area is 87.6 Å². The van der Waals surface area contributed by atoms with Gasteiger partial charge in [0, 0.05) is 22.7 Å². The van der Waals surface area contributed by atoms with Gasteiger partial charge in [-0.3, -0.25) is 0 Å². The van der Waals surface area contributed by atoms with Crippen LogP contribution in [0.25, 0.3) is 21.8 Å². The molecule has 2 heteroatoms. The number of rotatable bonds is 0. The van der Waals surface area contributed by atoms with E-state index in [0.29, 0.717) is 0 Å². The maximum Gasteiger partial charge on any atom is 0.159 e. The molecular weight excluding hydrogens is 184 g/mol. The first kappa shape index (κ1) is 8.36. The quantitative estimate of drug-likeness (QED) is 0.514. The van der Waals surface area contributed by atoms with Crippen molar-refractivity contribution >= 4 is 21.8 Å². The van der Waals surface area contributed by atoms with Crippen LogP contribution in [0.5, 0.6) is 0 Å². The summed E-state index contributed by atoms with van der Waals surface area (Å²) in [7, 11) is 0. The van der Waals surface area contributed by atoms with Crippen molar-refractivity contribution in [2.75, 3.05) is 0 Å². The highest BCUT2D eigenvalue weighted by Crippen LogP contribution is 2.21. The largest absolute Gasteiger partial charge is 0.236 e. The zero-order chi connectivity index (χ0) is 10.3. The number of nitrogens with zero attached hydrogens (tertiary/aromatic N) is 2. The average Bonchev–Trinajstić information content (AvgIpc) is 2.28. The lowest BCUT2D eigenvalue weighted by molar-refractivity contribution is 1.21. The van der Waals surface area contributed by atoms with Crippen LogP contribution in [-0.2, 0) is 0 Å². The van der Waals surface area contributed by atoms with Crippen LogP contribution in [0.1, 0.15) is 5.69 Å². The van der Waals surface area contributed by atoms with Crippen LogP contribution in [0.4, 0.5) is 0 Å². The first-order chi connectivity index (χ1) is 7.34. The molecule has 1 aromatic carbocycles. The predicted octanol–water partition coefficient (Wildman–Crippen LogP) is 3.09. The van der Waals surface area contributed by atoms with E-state index in [0.717, 1.165) is 22.1 Å². The Balaban J connectivity index is 2.55. The highest BCUT2D eigenvalue weighted by Gasteiger charge is 2.01. The Hall–Kier alpha value is -1.96. The number of hydrogen-bond acceptors (Lipinski definition) is 2. The molecule has 0 N–H and O–H groups in total. The van der Waals surface area contributed by atoms with E-state index in [1.807, 2.05) is 31.3 Å². The SMILES string of the molecule is Cc1ccc2c(ncc3ccccc32)n1. The standard InChI is InChI=1S/C13H10N2/c1-9-6-7-12-11-5-3-2-4-10(11)8-14-13(12)15-9/h2-8H,1H3. The minimum atomic E-state index is 0.828. The fourth-order valence-corrected chi connectivity index (χ4v) is 1.84. The molecule has 0 bridgehead atoms. The van der Waals surface area contributed by atoms with Crippen molar-refractivity contribution in [1.82, 2.24) is 9.97 Å². The molecule has 0 amide bonds. The van der Waals surface area contributed by atoms with Gasteiger partial charge in [0.1, 0.15) is 0 Å². The van der Waals surface area contributed by atoms with E-state index < -0.39 is 0 Å². The van der Waals surface area contributed by atoms with Gasteiger partial charge in [-0.2, -0.15) is 0 Å². The number of aryl methyl sites for hydroxylation is 1. The predicted molar refractivity (Wildman–Crippen MR) is 61.8 cm³/mol. The first-order valence-corrected chi connectivity index (χ1v) is 4.96. The van der Waals surface area contributed by atoms with Crippen molar-refractivity contribution in [3.63, 3.8) is 0 Å². The molecule has 0 saturated carbocycles. The van der Waals surface area contributed by atoms with Gasteiger partial charge in [0.15, 0.2) is 5.65 Å². The third-order valence-electron chi connectivity index (χ3n) is 2.59. The van der Waals surface area contributed by atoms with E-state index in [9.17, 15) is 0 Å². The Morgan fingerprint density at radius 3 is 2.73 bits per heavy atom. The summed E-state index contributed by atoms with van der Waals surface area (Å²) in [4.78, 5) is 8.77. The molecule has 72 valence electrons. The average molecular weight is 194 g/mol. The minimum absolute atomic E-state index is 0.828. The smallest absolute Gasteiger partial charge is 0.159 e. The van der Waals surface area contributed by atoms with Crippen molar-refractivity contribution in [1.29, 1.82) is 0 Å². The molecule has 2 heterocycles. The lowest BCUT2D eigenvalue weighted by atomic mass is 10.1. The van der Waals surface area contributed by atoms with Gasteiger partial charge in [-0.15, -0.1) is 0 Å². The second-order valence-corrected chi connectivity index (χ2v) is 3.67. The first-order valence-electron chi connectivity index (χ1n) is 4.96. The molecular formula is C13H10N2. The molecule has 0 atom stereocenters. The Morgan fingerprint density at radius 1 is 0.933 bits per heavy atom. The molecule has 0 radical (unpaired) electrons. The molecule has 0 saturated heterocycles. The van der Waals surface area contributed by atoms with E-state index in [1.54, 1.807) is 0 Å². The van der Waals surface area contributed by atoms with Crippen molar-refractivity contribution in [3.05, 3.63) is 48.3 Å². The van der Waals surface area contributed by atoms with Gasteiger partial charge < -0.3 is 0 Å². The lowest BCUT2D eigenvalue weighted by Crippen LogP contribution is -1.87. The van der Waals surface area contributed by atoms with Crippen molar-refractivity contribution < 1.29 is 0 Å². The van der Waals surface area contributed by atoms with E-state index >= 15 is 0 Å². The normalized spacial score (nSPS) is 11.0. The van der Waals surface area contributed by atoms with E-state index in [-0.39, 0.29) is 0 Å². The molecule has 0 aliphatic heterocycles. The second-order valence-electron chi connectivity index (χ2n) is 3.67. The van der Waals surface area contributed by atoms with Gasteiger partial charge >= 0.3 is 0 Å². The van der Waals surface area contributed by atoms with Crippen LogP contribution in [0.15, 0.2) is 42.6 Å². The monoisotopic (exact) mass is 194 g/mol. The van der Waals surface area contributed by atoms with Crippen LogP contribution >= 0.6 is 0 Å². The maximum atomic E-state index is 4.41. The highest BCUT2D eigenvalue weighted by molar-refractivity contribution is 6.03. The van der Waals surface area contributed by atoms with Gasteiger partial charge in [0.2, 0.25) is 0 Å². The van der Waals surface area contributed by atoms with Gasteiger partial charge in [-0.25, -0.2) is 9.97 Å². The maximum absolute atomic E-state index is 4.41. The van der Waals surface area contributed by atoms with Crippen molar-refractivity contribution in [2.24, 2.45) is 0 Å². The summed E-state index contributed by atoms with van der Waals surface area (Å²) in [6.07, 6.45) is 1.88. The summed E-state index contributed by atoms with van der Waals surface area (Å²) in [6, 6.07) is 12.4. The van der Waals surface area contributed by atoms with Crippen LogP contribution in [0.3, 0.4) is 0 Å². The van der Waals surface area contributed by atoms with Crippen LogP contribution in [0, 0.1) is 6.92 Å². The molecule has 0 fully saturated rings. The third kappa shape index (κ3) is 1.26. The van der Waals surface area contributed by atoms with E-state index in [4.69, 9.17) is 0 Å². The fraction of sp³-hybridized carbons (Fsp3) is 0.0769. The van der Waals surface area contributed by atoms with Crippen molar-refractivity contribution in [3.8, 4) is 0 Å².